The van der Waals surface area contributed by atoms with Gasteiger partial charge >= 0.3 is 5.97 Å². The van der Waals surface area contributed by atoms with Gasteiger partial charge in [-0.1, -0.05) is 30.3 Å². The number of benzene rings is 2. The molecule has 1 aliphatic carbocycles. The van der Waals surface area contributed by atoms with Crippen LogP contribution >= 0.6 is 12.2 Å². The van der Waals surface area contributed by atoms with Crippen LogP contribution in [-0.2, 0) is 11.2 Å². The first-order valence-electron chi connectivity index (χ1n) is 8.43. The molecule has 0 heterocycles. The summed E-state index contributed by atoms with van der Waals surface area (Å²) in [6.07, 6.45) is 3.32. The van der Waals surface area contributed by atoms with E-state index in [1.165, 1.54) is 18.2 Å². The van der Waals surface area contributed by atoms with Crippen LogP contribution < -0.4 is 10.6 Å². The van der Waals surface area contributed by atoms with Crippen LogP contribution in [0.5, 0.6) is 0 Å². The molecule has 4 nitrogen and oxygen atoms in total. The number of anilines is 1. The fourth-order valence-electron chi connectivity index (χ4n) is 3.32. The van der Waals surface area contributed by atoms with Crippen molar-refractivity contribution in [1.82, 2.24) is 5.32 Å². The van der Waals surface area contributed by atoms with Crippen LogP contribution in [0.1, 0.15) is 45.9 Å². The number of methoxy groups -OCH3 is 1. The summed E-state index contributed by atoms with van der Waals surface area (Å²) in [4.78, 5) is 11.8. The second-order valence-corrected chi connectivity index (χ2v) is 6.62. The average molecular weight is 354 g/mol. The monoisotopic (exact) mass is 354 g/mol. The van der Waals surface area contributed by atoms with Crippen LogP contribution in [0.25, 0.3) is 0 Å². The second-order valence-electron chi connectivity index (χ2n) is 6.21. The SMILES string of the molecule is COC(=O)c1cccc(NC(=S)N[C@H]2CCCc3ccccc32)c1C. The molecule has 0 aromatic heterocycles. The highest BCUT2D eigenvalue weighted by Gasteiger charge is 2.20. The molecular weight excluding hydrogens is 332 g/mol. The van der Waals surface area contributed by atoms with Gasteiger partial charge in [0.2, 0.25) is 0 Å². The smallest absolute Gasteiger partial charge is 0.338 e. The molecule has 2 aromatic rings. The van der Waals surface area contributed by atoms with E-state index in [2.05, 4.69) is 34.9 Å². The maximum Gasteiger partial charge on any atom is 0.338 e. The van der Waals surface area contributed by atoms with Crippen molar-refractivity contribution >= 4 is 29.0 Å². The minimum atomic E-state index is -0.346. The van der Waals surface area contributed by atoms with Gasteiger partial charge in [-0.15, -0.1) is 0 Å². The largest absolute Gasteiger partial charge is 0.465 e. The number of nitrogens with one attached hydrogen (secondary N) is 2. The lowest BCUT2D eigenvalue weighted by Crippen LogP contribution is -2.34. The highest BCUT2D eigenvalue weighted by molar-refractivity contribution is 7.80. The van der Waals surface area contributed by atoms with Crippen LogP contribution in [0.15, 0.2) is 42.5 Å². The van der Waals surface area contributed by atoms with Gasteiger partial charge in [0.15, 0.2) is 5.11 Å². The van der Waals surface area contributed by atoms with E-state index in [9.17, 15) is 4.79 Å². The van der Waals surface area contributed by atoms with Gasteiger partial charge in [0.05, 0.1) is 18.7 Å². The summed E-state index contributed by atoms with van der Waals surface area (Å²) < 4.78 is 4.82. The maximum atomic E-state index is 11.8. The van der Waals surface area contributed by atoms with E-state index in [0.717, 1.165) is 30.5 Å². The van der Waals surface area contributed by atoms with Gasteiger partial charge in [-0.2, -0.15) is 0 Å². The van der Waals surface area contributed by atoms with E-state index in [1.54, 1.807) is 6.07 Å². The third kappa shape index (κ3) is 3.82. The molecule has 3 rings (SSSR count). The summed E-state index contributed by atoms with van der Waals surface area (Å²) in [6, 6.07) is 14.2. The van der Waals surface area contributed by atoms with Crippen molar-refractivity contribution in [3.63, 3.8) is 0 Å². The van der Waals surface area contributed by atoms with Crippen LogP contribution in [0.3, 0.4) is 0 Å². The highest BCUT2D eigenvalue weighted by Crippen LogP contribution is 2.29. The summed E-state index contributed by atoms with van der Waals surface area (Å²) in [6.45, 7) is 1.88. The average Bonchev–Trinajstić information content (AvgIpc) is 2.63. The number of fused-ring (bicyclic) bond motifs is 1. The Balaban J connectivity index is 1.73. The number of hydrogen-bond acceptors (Lipinski definition) is 3. The molecule has 2 N–H and O–H groups in total. The van der Waals surface area contributed by atoms with Gasteiger partial charge in [0.1, 0.15) is 0 Å². The van der Waals surface area contributed by atoms with Crippen molar-refractivity contribution in [1.29, 1.82) is 0 Å². The first-order valence-corrected chi connectivity index (χ1v) is 8.84. The summed E-state index contributed by atoms with van der Waals surface area (Å²) in [5.74, 6) is -0.346. The Morgan fingerprint density at radius 2 is 2.00 bits per heavy atom. The minimum absolute atomic E-state index is 0.217. The fourth-order valence-corrected chi connectivity index (χ4v) is 3.57. The molecule has 0 spiro atoms. The lowest BCUT2D eigenvalue weighted by molar-refractivity contribution is 0.0600. The molecular formula is C20H22N2O2S. The molecule has 0 fully saturated rings. The predicted octanol–water partition coefficient (Wildman–Crippen LogP) is 4.15. The van der Waals surface area contributed by atoms with Crippen molar-refractivity contribution in [3.8, 4) is 0 Å². The van der Waals surface area contributed by atoms with Gasteiger partial charge in [-0.05, 0) is 67.2 Å². The molecule has 0 bridgehead atoms. The number of hydrogen-bond donors (Lipinski definition) is 2. The number of thiocarbonyl (C=S) groups is 1. The van der Waals surface area contributed by atoms with Crippen LogP contribution in [0, 0.1) is 6.92 Å². The second kappa shape index (κ2) is 7.66. The molecule has 1 atom stereocenters. The Kier molecular flexibility index (Phi) is 5.34. The molecule has 5 heteroatoms. The number of carbonyl (C=O) groups is 1. The van der Waals surface area contributed by atoms with E-state index in [4.69, 9.17) is 17.0 Å². The highest BCUT2D eigenvalue weighted by atomic mass is 32.1. The number of esters is 1. The Morgan fingerprint density at radius 3 is 2.80 bits per heavy atom. The normalized spacial score (nSPS) is 15.8. The molecule has 2 aromatic carbocycles. The standard InChI is InChI=1S/C20H22N2O2S/c1-13-15(19(23)24-2)10-6-11-17(13)21-20(25)22-18-12-5-8-14-7-3-4-9-16(14)18/h3-4,6-7,9-11,18H,5,8,12H2,1-2H3,(H2,21,22,25)/t18-/m0/s1. The minimum Gasteiger partial charge on any atom is -0.465 e. The fraction of sp³-hybridized carbons (Fsp3) is 0.300. The molecule has 0 unspecified atom stereocenters. The molecule has 130 valence electrons. The maximum absolute atomic E-state index is 11.8. The number of aryl methyl sites for hydroxylation is 1. The van der Waals surface area contributed by atoms with Crippen LogP contribution in [-0.4, -0.2) is 18.2 Å². The molecule has 1 aliphatic rings. The van der Waals surface area contributed by atoms with Gasteiger partial charge in [-0.25, -0.2) is 4.79 Å². The molecule has 0 radical (unpaired) electrons. The zero-order chi connectivity index (χ0) is 17.8. The van der Waals surface area contributed by atoms with Crippen LogP contribution in [0.4, 0.5) is 5.69 Å². The number of rotatable bonds is 3. The van der Waals surface area contributed by atoms with Crippen molar-refractivity contribution in [2.45, 2.75) is 32.2 Å². The van der Waals surface area contributed by atoms with Gasteiger partial charge in [0, 0.05) is 5.69 Å². The zero-order valence-corrected chi connectivity index (χ0v) is 15.3. The van der Waals surface area contributed by atoms with E-state index in [0.29, 0.717) is 10.7 Å². The Hall–Kier alpha value is -2.40. The molecule has 25 heavy (non-hydrogen) atoms. The molecule has 0 aliphatic heterocycles. The third-order valence-corrected chi connectivity index (χ3v) is 4.88. The van der Waals surface area contributed by atoms with Crippen molar-refractivity contribution in [3.05, 3.63) is 64.7 Å². The Bertz CT molecular complexity index is 804. The quantitative estimate of drug-likeness (QED) is 0.641. The lowest BCUT2D eigenvalue weighted by atomic mass is 9.88. The van der Waals surface area contributed by atoms with E-state index >= 15 is 0 Å². The molecule has 0 saturated heterocycles. The number of ether oxygens (including phenoxy) is 1. The summed E-state index contributed by atoms with van der Waals surface area (Å²) in [5.41, 5.74) is 4.88. The summed E-state index contributed by atoms with van der Waals surface area (Å²) in [7, 11) is 1.38. The predicted molar refractivity (Wildman–Crippen MR) is 104 cm³/mol. The molecule has 0 amide bonds. The lowest BCUT2D eigenvalue weighted by Gasteiger charge is -2.27. The van der Waals surface area contributed by atoms with Crippen LogP contribution in [0.2, 0.25) is 0 Å². The van der Waals surface area contributed by atoms with Gasteiger partial charge in [-0.3, -0.25) is 0 Å². The Morgan fingerprint density at radius 1 is 1.20 bits per heavy atom. The number of carbonyl (C=O) groups excluding carboxylic acids is 1. The van der Waals surface area contributed by atoms with Crippen molar-refractivity contribution in [2.75, 3.05) is 12.4 Å². The van der Waals surface area contributed by atoms with Gasteiger partial charge < -0.3 is 15.4 Å². The van der Waals surface area contributed by atoms with E-state index in [1.807, 2.05) is 19.1 Å². The third-order valence-electron chi connectivity index (χ3n) is 4.66. The summed E-state index contributed by atoms with van der Waals surface area (Å²) in [5, 5.41) is 7.20. The van der Waals surface area contributed by atoms with Crippen molar-refractivity contribution in [2.24, 2.45) is 0 Å². The Labute approximate surface area is 153 Å². The van der Waals surface area contributed by atoms with E-state index < -0.39 is 0 Å². The molecule has 0 saturated carbocycles. The first kappa shape index (κ1) is 17.4. The van der Waals surface area contributed by atoms with Crippen molar-refractivity contribution < 1.29 is 9.53 Å². The first-order chi connectivity index (χ1) is 12.1. The summed E-state index contributed by atoms with van der Waals surface area (Å²) >= 11 is 5.50. The topological polar surface area (TPSA) is 50.4 Å². The zero-order valence-electron chi connectivity index (χ0n) is 14.5. The van der Waals surface area contributed by atoms with Gasteiger partial charge in [0.25, 0.3) is 0 Å². The van der Waals surface area contributed by atoms with E-state index in [-0.39, 0.29) is 12.0 Å².